The highest BCUT2D eigenvalue weighted by Crippen LogP contribution is 2.37. The van der Waals surface area contributed by atoms with Gasteiger partial charge in [0, 0.05) is 29.6 Å². The number of nitrogens with two attached hydrogens (primary N) is 1. The molecule has 1 heterocycles. The predicted octanol–water partition coefficient (Wildman–Crippen LogP) is 2.73. The molecule has 0 radical (unpaired) electrons. The molecule has 2 N–H and O–H groups in total. The molecule has 8 nitrogen and oxygen atoms in total. The molecule has 0 amide bonds. The van der Waals surface area contributed by atoms with Crippen molar-refractivity contribution in [3.8, 4) is 6.07 Å². The summed E-state index contributed by atoms with van der Waals surface area (Å²) in [4.78, 5) is 9.98. The van der Waals surface area contributed by atoms with Gasteiger partial charge in [-0.1, -0.05) is 23.7 Å². The molecule has 0 saturated carbocycles. The zero-order valence-electron chi connectivity index (χ0n) is 13.7. The van der Waals surface area contributed by atoms with Crippen molar-refractivity contribution in [2.24, 2.45) is 5.73 Å². The number of nitrogens with zero attached hydrogens (tertiary/aromatic N) is 3. The molecule has 0 spiro atoms. The first-order valence-electron chi connectivity index (χ1n) is 7.68. The van der Waals surface area contributed by atoms with Crippen molar-refractivity contribution in [2.45, 2.75) is 10.8 Å². The number of benzene rings is 2. The van der Waals surface area contributed by atoms with Gasteiger partial charge in [-0.15, -0.1) is 0 Å². The topological polar surface area (TPSA) is 130 Å². The number of non-ortho nitro benzene ring substituents is 1. The van der Waals surface area contributed by atoms with Crippen molar-refractivity contribution in [1.29, 1.82) is 5.26 Å². The van der Waals surface area contributed by atoms with Gasteiger partial charge in [-0.05, 0) is 29.8 Å². The number of hydrogen-bond acceptors (Lipinski definition) is 6. The van der Waals surface area contributed by atoms with Crippen LogP contribution in [0.1, 0.15) is 11.5 Å². The highest BCUT2D eigenvalue weighted by molar-refractivity contribution is 7.89. The van der Waals surface area contributed by atoms with E-state index in [0.717, 1.165) is 28.6 Å². The first-order valence-corrected chi connectivity index (χ1v) is 9.50. The molecule has 1 atom stereocenters. The van der Waals surface area contributed by atoms with Gasteiger partial charge in [-0.2, -0.15) is 5.26 Å². The minimum absolute atomic E-state index is 0.0611. The molecule has 2 aromatic carbocycles. The summed E-state index contributed by atoms with van der Waals surface area (Å²) in [5, 5.41) is 20.7. The van der Waals surface area contributed by atoms with Crippen LogP contribution in [0.2, 0.25) is 5.02 Å². The van der Waals surface area contributed by atoms with E-state index < -0.39 is 20.9 Å². The zero-order valence-corrected chi connectivity index (χ0v) is 15.3. The smallest absolute Gasteiger partial charge is 0.269 e. The number of hydrogen-bond donors (Lipinski definition) is 1. The second-order valence-electron chi connectivity index (χ2n) is 5.81. The molecule has 0 bridgehead atoms. The third kappa shape index (κ3) is 3.32. The number of nitriles is 1. The van der Waals surface area contributed by atoms with E-state index in [0.29, 0.717) is 10.6 Å². The molecule has 1 aliphatic rings. The van der Waals surface area contributed by atoms with Gasteiger partial charge in [0.05, 0.1) is 21.5 Å². The third-order valence-corrected chi connectivity index (χ3v) is 6.28. The number of nitro benzene ring substituents is 1. The van der Waals surface area contributed by atoms with E-state index in [1.54, 1.807) is 24.3 Å². The monoisotopic (exact) mass is 404 g/mol. The summed E-state index contributed by atoms with van der Waals surface area (Å²) in [6.45, 7) is -0.0611. The molecule has 1 unspecified atom stereocenters. The van der Waals surface area contributed by atoms with Crippen molar-refractivity contribution in [3.05, 3.63) is 80.6 Å². The lowest BCUT2D eigenvalue weighted by Gasteiger charge is -2.20. The maximum atomic E-state index is 12.9. The Kier molecular flexibility index (Phi) is 4.78. The van der Waals surface area contributed by atoms with Crippen LogP contribution in [0.25, 0.3) is 0 Å². The summed E-state index contributed by atoms with van der Waals surface area (Å²) >= 11 is 6.00. The number of halogens is 1. The Balaban J connectivity index is 2.00. The lowest BCUT2D eigenvalue weighted by atomic mass is 9.94. The molecule has 27 heavy (non-hydrogen) atoms. The minimum Gasteiger partial charge on any atom is -0.384 e. The average molecular weight is 405 g/mol. The molecule has 1 aliphatic heterocycles. The number of nitro groups is 1. The van der Waals surface area contributed by atoms with Crippen LogP contribution in [0.4, 0.5) is 5.69 Å². The summed E-state index contributed by atoms with van der Waals surface area (Å²) < 4.78 is 26.8. The van der Waals surface area contributed by atoms with Crippen LogP contribution in [0.15, 0.2) is 64.8 Å². The van der Waals surface area contributed by atoms with Crippen molar-refractivity contribution >= 4 is 27.3 Å². The van der Waals surface area contributed by atoms with E-state index in [4.69, 9.17) is 17.3 Å². The van der Waals surface area contributed by atoms with Crippen molar-refractivity contribution in [3.63, 3.8) is 0 Å². The average Bonchev–Trinajstić information content (AvgIpc) is 2.99. The Morgan fingerprint density at radius 1 is 1.26 bits per heavy atom. The highest BCUT2D eigenvalue weighted by Gasteiger charge is 2.38. The van der Waals surface area contributed by atoms with Crippen LogP contribution in [0, 0.1) is 21.4 Å². The van der Waals surface area contributed by atoms with Crippen LogP contribution >= 0.6 is 11.6 Å². The fourth-order valence-corrected chi connectivity index (χ4v) is 4.53. The van der Waals surface area contributed by atoms with E-state index in [1.807, 2.05) is 6.07 Å². The normalized spacial score (nSPS) is 17.0. The Hall–Kier alpha value is -3.09. The van der Waals surface area contributed by atoms with Crippen LogP contribution in [0.3, 0.4) is 0 Å². The molecule has 0 aromatic heterocycles. The van der Waals surface area contributed by atoms with Crippen LogP contribution in [0.5, 0.6) is 0 Å². The predicted molar refractivity (Wildman–Crippen MR) is 98.0 cm³/mol. The molecule has 0 aliphatic carbocycles. The first-order chi connectivity index (χ1) is 12.8. The Bertz CT molecular complexity index is 1090. The summed E-state index contributed by atoms with van der Waals surface area (Å²) in [5.74, 6) is -0.720. The zero-order chi connectivity index (χ0) is 19.8. The maximum absolute atomic E-state index is 12.9. The van der Waals surface area contributed by atoms with Gasteiger partial charge < -0.3 is 5.73 Å². The molecule has 0 saturated heterocycles. The highest BCUT2D eigenvalue weighted by atomic mass is 35.5. The Morgan fingerprint density at radius 3 is 2.48 bits per heavy atom. The molecule has 0 fully saturated rings. The lowest BCUT2D eigenvalue weighted by molar-refractivity contribution is -0.384. The van der Waals surface area contributed by atoms with Crippen LogP contribution in [-0.2, 0) is 10.0 Å². The minimum atomic E-state index is -4.08. The molecular weight excluding hydrogens is 392 g/mol. The van der Waals surface area contributed by atoms with Gasteiger partial charge in [0.1, 0.15) is 5.82 Å². The maximum Gasteiger partial charge on any atom is 0.269 e. The number of sulfonamides is 1. The number of rotatable bonds is 4. The largest absolute Gasteiger partial charge is 0.384 e. The summed E-state index contributed by atoms with van der Waals surface area (Å²) in [6, 6.07) is 13.2. The molecule has 10 heteroatoms. The van der Waals surface area contributed by atoms with Crippen LogP contribution in [-0.4, -0.2) is 24.2 Å². The molecule has 3 rings (SSSR count). The molecular formula is C17H13ClN4O4S. The van der Waals surface area contributed by atoms with E-state index >= 15 is 0 Å². The van der Waals surface area contributed by atoms with Gasteiger partial charge in [0.15, 0.2) is 0 Å². The fourth-order valence-electron chi connectivity index (χ4n) is 2.89. The molecule has 2 aromatic rings. The summed E-state index contributed by atoms with van der Waals surface area (Å²) in [7, 11) is -4.08. The second kappa shape index (κ2) is 6.90. The lowest BCUT2D eigenvalue weighted by Crippen LogP contribution is -2.32. The van der Waals surface area contributed by atoms with Gasteiger partial charge in [-0.3, -0.25) is 14.4 Å². The first kappa shape index (κ1) is 18.7. The standard InChI is InChI=1S/C17H13ClN4O4S/c18-12-3-1-2-11(8-12)16-10-21(17(20)15(16)9-19)27(25,26)14-6-4-13(5-7-14)22(23)24/h1-8,16H,10,20H2. The third-order valence-electron chi connectivity index (χ3n) is 4.25. The summed E-state index contributed by atoms with van der Waals surface area (Å²) in [5.41, 5.74) is 6.53. The summed E-state index contributed by atoms with van der Waals surface area (Å²) in [6.07, 6.45) is 0. The fraction of sp³-hybridized carbons (Fsp3) is 0.118. The van der Waals surface area contributed by atoms with Gasteiger partial charge in [0.25, 0.3) is 15.7 Å². The second-order valence-corrected chi connectivity index (χ2v) is 8.10. The van der Waals surface area contributed by atoms with Gasteiger partial charge in [0.2, 0.25) is 0 Å². The molecule has 138 valence electrons. The Morgan fingerprint density at radius 2 is 1.93 bits per heavy atom. The quantitative estimate of drug-likeness (QED) is 0.615. The SMILES string of the molecule is N#CC1=C(N)N(S(=O)(=O)c2ccc([N+](=O)[O-])cc2)CC1c1cccc(Cl)c1. The van der Waals surface area contributed by atoms with Crippen molar-refractivity contribution < 1.29 is 13.3 Å². The van der Waals surface area contributed by atoms with Crippen molar-refractivity contribution in [1.82, 2.24) is 4.31 Å². The van der Waals surface area contributed by atoms with E-state index in [9.17, 15) is 23.8 Å². The van der Waals surface area contributed by atoms with E-state index in [-0.39, 0.29) is 28.5 Å². The van der Waals surface area contributed by atoms with Crippen molar-refractivity contribution in [2.75, 3.05) is 6.54 Å². The van der Waals surface area contributed by atoms with E-state index in [1.165, 1.54) is 0 Å². The van der Waals surface area contributed by atoms with E-state index in [2.05, 4.69) is 0 Å². The van der Waals surface area contributed by atoms with Crippen LogP contribution < -0.4 is 5.73 Å². The van der Waals surface area contributed by atoms with Gasteiger partial charge >= 0.3 is 0 Å². The van der Waals surface area contributed by atoms with Gasteiger partial charge in [-0.25, -0.2) is 8.42 Å². The Labute approximate surface area is 160 Å².